The molecule has 6 heteroatoms. The summed E-state index contributed by atoms with van der Waals surface area (Å²) in [7, 11) is 0. The number of hydrogen-bond acceptors (Lipinski definition) is 3. The SMILES string of the molecule is CCC(CC)(CNC(=O)N1CCOC(C)(C)C1)C(=O)O. The average Bonchev–Trinajstić information content (AvgIpc) is 2.38. The zero-order valence-electron chi connectivity index (χ0n) is 12.9. The van der Waals surface area contributed by atoms with Crippen molar-refractivity contribution < 1.29 is 19.4 Å². The highest BCUT2D eigenvalue weighted by atomic mass is 16.5. The standard InChI is InChI=1S/C14H26N2O4/c1-5-14(6-2,11(17)18)9-15-12(19)16-7-8-20-13(3,4)10-16/h5-10H2,1-4H3,(H,15,19)(H,17,18). The molecular weight excluding hydrogens is 260 g/mol. The minimum atomic E-state index is -0.878. The summed E-state index contributed by atoms with van der Waals surface area (Å²) in [5.74, 6) is -0.856. The van der Waals surface area contributed by atoms with Crippen LogP contribution < -0.4 is 5.32 Å². The van der Waals surface area contributed by atoms with Crippen LogP contribution in [0.25, 0.3) is 0 Å². The summed E-state index contributed by atoms with van der Waals surface area (Å²) < 4.78 is 5.56. The van der Waals surface area contributed by atoms with Crippen molar-refractivity contribution in [1.82, 2.24) is 10.2 Å². The number of amides is 2. The molecule has 1 heterocycles. The van der Waals surface area contributed by atoms with E-state index in [0.29, 0.717) is 32.5 Å². The Hall–Kier alpha value is -1.30. The predicted molar refractivity (Wildman–Crippen MR) is 75.7 cm³/mol. The van der Waals surface area contributed by atoms with Crippen LogP contribution in [0.1, 0.15) is 40.5 Å². The van der Waals surface area contributed by atoms with E-state index in [1.807, 2.05) is 27.7 Å². The first-order valence-corrected chi connectivity index (χ1v) is 7.16. The third kappa shape index (κ3) is 3.85. The summed E-state index contributed by atoms with van der Waals surface area (Å²) in [5, 5.41) is 12.1. The van der Waals surface area contributed by atoms with Crippen molar-refractivity contribution in [3.05, 3.63) is 0 Å². The van der Waals surface area contributed by atoms with Gasteiger partial charge >= 0.3 is 12.0 Å². The Morgan fingerprint density at radius 1 is 1.35 bits per heavy atom. The molecule has 6 nitrogen and oxygen atoms in total. The topological polar surface area (TPSA) is 78.9 Å². The number of aliphatic carboxylic acids is 1. The van der Waals surface area contributed by atoms with E-state index < -0.39 is 11.4 Å². The van der Waals surface area contributed by atoms with Gasteiger partial charge in [0, 0.05) is 13.1 Å². The van der Waals surface area contributed by atoms with Crippen LogP contribution in [0.3, 0.4) is 0 Å². The number of nitrogens with zero attached hydrogens (tertiary/aromatic N) is 1. The van der Waals surface area contributed by atoms with Crippen LogP contribution in [0.15, 0.2) is 0 Å². The van der Waals surface area contributed by atoms with Crippen molar-refractivity contribution in [3.8, 4) is 0 Å². The summed E-state index contributed by atoms with van der Waals surface area (Å²) in [5.41, 5.74) is -1.23. The fourth-order valence-corrected chi connectivity index (χ4v) is 2.42. The lowest BCUT2D eigenvalue weighted by molar-refractivity contribution is -0.149. The van der Waals surface area contributed by atoms with Crippen LogP contribution in [-0.2, 0) is 9.53 Å². The molecule has 20 heavy (non-hydrogen) atoms. The fourth-order valence-electron chi connectivity index (χ4n) is 2.42. The Kier molecular flexibility index (Phi) is 5.39. The van der Waals surface area contributed by atoms with E-state index in [9.17, 15) is 14.7 Å². The molecule has 0 aromatic heterocycles. The van der Waals surface area contributed by atoms with E-state index in [0.717, 1.165) is 0 Å². The Morgan fingerprint density at radius 3 is 2.40 bits per heavy atom. The number of hydrogen-bond donors (Lipinski definition) is 2. The van der Waals surface area contributed by atoms with Gasteiger partial charge in [-0.15, -0.1) is 0 Å². The highest BCUT2D eigenvalue weighted by Gasteiger charge is 2.36. The zero-order valence-corrected chi connectivity index (χ0v) is 12.9. The second-order valence-electron chi connectivity index (χ2n) is 5.98. The molecule has 0 bridgehead atoms. The molecule has 116 valence electrons. The molecule has 0 saturated carbocycles. The van der Waals surface area contributed by atoms with Crippen molar-refractivity contribution in [3.63, 3.8) is 0 Å². The summed E-state index contributed by atoms with van der Waals surface area (Å²) in [6.07, 6.45) is 0.988. The van der Waals surface area contributed by atoms with Crippen molar-refractivity contribution >= 4 is 12.0 Å². The van der Waals surface area contributed by atoms with Crippen LogP contribution in [0, 0.1) is 5.41 Å². The maximum absolute atomic E-state index is 12.2. The smallest absolute Gasteiger partial charge is 0.317 e. The van der Waals surface area contributed by atoms with Crippen molar-refractivity contribution in [2.24, 2.45) is 5.41 Å². The van der Waals surface area contributed by atoms with E-state index in [1.54, 1.807) is 4.90 Å². The second-order valence-corrected chi connectivity index (χ2v) is 5.98. The van der Waals surface area contributed by atoms with Gasteiger partial charge in [-0.1, -0.05) is 13.8 Å². The van der Waals surface area contributed by atoms with Gasteiger partial charge in [-0.2, -0.15) is 0 Å². The monoisotopic (exact) mass is 286 g/mol. The first-order valence-electron chi connectivity index (χ1n) is 7.16. The van der Waals surface area contributed by atoms with E-state index in [4.69, 9.17) is 4.74 Å². The predicted octanol–water partition coefficient (Wildman–Crippen LogP) is 1.70. The quantitative estimate of drug-likeness (QED) is 0.806. The fraction of sp³-hybridized carbons (Fsp3) is 0.857. The number of carboxylic acids is 1. The molecule has 1 saturated heterocycles. The largest absolute Gasteiger partial charge is 0.481 e. The third-order valence-electron chi connectivity index (χ3n) is 4.10. The number of ether oxygens (including phenoxy) is 1. The van der Waals surface area contributed by atoms with Gasteiger partial charge in [0.15, 0.2) is 0 Å². The third-order valence-corrected chi connectivity index (χ3v) is 4.10. The molecule has 0 aliphatic carbocycles. The molecule has 1 aliphatic heterocycles. The lowest BCUT2D eigenvalue weighted by Crippen LogP contribution is -2.55. The van der Waals surface area contributed by atoms with Gasteiger partial charge in [0.1, 0.15) is 0 Å². The highest BCUT2D eigenvalue weighted by molar-refractivity contribution is 5.78. The van der Waals surface area contributed by atoms with E-state index in [-0.39, 0.29) is 18.2 Å². The number of carboxylic acid groups (broad SMARTS) is 1. The lowest BCUT2D eigenvalue weighted by Gasteiger charge is -2.38. The van der Waals surface area contributed by atoms with Gasteiger partial charge in [-0.3, -0.25) is 4.79 Å². The molecule has 0 aromatic carbocycles. The maximum atomic E-state index is 12.2. The molecule has 0 unspecified atom stereocenters. The second kappa shape index (κ2) is 6.43. The van der Waals surface area contributed by atoms with Gasteiger partial charge in [0.05, 0.1) is 24.2 Å². The Labute approximate surface area is 120 Å². The number of carbonyl (C=O) groups excluding carboxylic acids is 1. The van der Waals surface area contributed by atoms with E-state index in [2.05, 4.69) is 5.32 Å². The van der Waals surface area contributed by atoms with Gasteiger partial charge < -0.3 is 20.1 Å². The van der Waals surface area contributed by atoms with Gasteiger partial charge in [0.25, 0.3) is 0 Å². The van der Waals surface area contributed by atoms with Gasteiger partial charge in [0.2, 0.25) is 0 Å². The zero-order chi connectivity index (χ0) is 15.4. The number of carbonyl (C=O) groups is 2. The Balaban J connectivity index is 2.60. The summed E-state index contributed by atoms with van der Waals surface area (Å²) in [6, 6.07) is -0.214. The molecule has 0 atom stereocenters. The molecule has 2 amide bonds. The summed E-state index contributed by atoms with van der Waals surface area (Å²) >= 11 is 0. The summed E-state index contributed by atoms with van der Waals surface area (Å²) in [6.45, 7) is 9.25. The molecule has 1 rings (SSSR count). The summed E-state index contributed by atoms with van der Waals surface area (Å²) in [4.78, 5) is 25.2. The highest BCUT2D eigenvalue weighted by Crippen LogP contribution is 2.26. The van der Waals surface area contributed by atoms with E-state index in [1.165, 1.54) is 0 Å². The van der Waals surface area contributed by atoms with Crippen LogP contribution in [0.5, 0.6) is 0 Å². The average molecular weight is 286 g/mol. The van der Waals surface area contributed by atoms with Gasteiger partial charge in [-0.05, 0) is 26.7 Å². The van der Waals surface area contributed by atoms with Crippen LogP contribution in [0.2, 0.25) is 0 Å². The van der Waals surface area contributed by atoms with Gasteiger partial charge in [-0.25, -0.2) is 4.79 Å². The number of urea groups is 1. The number of rotatable bonds is 5. The van der Waals surface area contributed by atoms with Crippen molar-refractivity contribution in [1.29, 1.82) is 0 Å². The number of morpholine rings is 1. The molecule has 1 fully saturated rings. The molecule has 2 N–H and O–H groups in total. The first kappa shape index (κ1) is 16.8. The molecule has 0 spiro atoms. The molecular formula is C14H26N2O4. The Morgan fingerprint density at radius 2 is 1.95 bits per heavy atom. The van der Waals surface area contributed by atoms with Crippen LogP contribution in [0.4, 0.5) is 4.79 Å². The first-order chi connectivity index (χ1) is 9.26. The number of nitrogens with one attached hydrogen (secondary N) is 1. The lowest BCUT2D eigenvalue weighted by atomic mass is 9.82. The normalized spacial score (nSPS) is 18.7. The van der Waals surface area contributed by atoms with E-state index >= 15 is 0 Å². The van der Waals surface area contributed by atoms with Crippen LogP contribution in [-0.4, -0.2) is 53.8 Å². The molecule has 1 aliphatic rings. The molecule has 0 radical (unpaired) electrons. The van der Waals surface area contributed by atoms with Crippen molar-refractivity contribution in [2.45, 2.75) is 46.1 Å². The van der Waals surface area contributed by atoms with Crippen molar-refractivity contribution in [2.75, 3.05) is 26.2 Å². The van der Waals surface area contributed by atoms with Crippen LogP contribution >= 0.6 is 0 Å². The minimum Gasteiger partial charge on any atom is -0.481 e. The Bertz CT molecular complexity index is 364. The maximum Gasteiger partial charge on any atom is 0.317 e. The minimum absolute atomic E-state index is 0.159. The molecule has 0 aromatic rings.